The highest BCUT2D eigenvalue weighted by molar-refractivity contribution is 6.32. The Morgan fingerprint density at radius 2 is 1.26 bits per heavy atom. The molecule has 0 atom stereocenters. The van der Waals surface area contributed by atoms with Gasteiger partial charge in [0, 0.05) is 34.4 Å². The zero-order valence-electron chi connectivity index (χ0n) is 23.0. The van der Waals surface area contributed by atoms with Crippen molar-refractivity contribution in [2.24, 2.45) is 0 Å². The molecule has 0 amide bonds. The largest absolute Gasteiger partial charge is 0.314 e. The smallest absolute Gasteiger partial charge is 0.0969 e. The third-order valence-corrected chi connectivity index (χ3v) is 8.84. The number of aromatic nitrogens is 2. The number of para-hydroxylation sites is 2. The second-order valence-electron chi connectivity index (χ2n) is 11.2. The third-order valence-electron chi connectivity index (χ3n) is 8.84. The molecule has 42 heavy (non-hydrogen) atoms. The van der Waals surface area contributed by atoms with Crippen LogP contribution in [0.4, 0.5) is 11.4 Å². The molecule has 3 heteroatoms. The average Bonchev–Trinajstić information content (AvgIpc) is 3.39. The fourth-order valence-corrected chi connectivity index (χ4v) is 7.05. The van der Waals surface area contributed by atoms with Crippen LogP contribution in [-0.2, 0) is 0 Å². The Morgan fingerprint density at radius 1 is 0.548 bits per heavy atom. The molecule has 0 saturated heterocycles. The van der Waals surface area contributed by atoms with Gasteiger partial charge < -0.3 is 9.47 Å². The SMILES string of the molecule is C1=C(N(c2ccccc2)c2ccccc2)CCC(n2c3cccnc3c3c4ccc5cccc6ccc(cc32)c4c65)=C1. The molecule has 2 aromatic heterocycles. The van der Waals surface area contributed by atoms with Crippen molar-refractivity contribution < 1.29 is 0 Å². The van der Waals surface area contributed by atoms with Crippen molar-refractivity contribution in [2.75, 3.05) is 4.90 Å². The maximum absolute atomic E-state index is 4.96. The van der Waals surface area contributed by atoms with Gasteiger partial charge in [-0.1, -0.05) is 78.9 Å². The quantitative estimate of drug-likeness (QED) is 0.208. The van der Waals surface area contributed by atoms with Crippen LogP contribution in [0, 0.1) is 0 Å². The molecule has 0 unspecified atom stereocenters. The summed E-state index contributed by atoms with van der Waals surface area (Å²) in [6.07, 6.45) is 8.41. The van der Waals surface area contributed by atoms with Crippen LogP contribution in [0.2, 0.25) is 0 Å². The lowest BCUT2D eigenvalue weighted by Crippen LogP contribution is -2.18. The summed E-state index contributed by atoms with van der Waals surface area (Å²) in [4.78, 5) is 7.34. The second kappa shape index (κ2) is 9.05. The van der Waals surface area contributed by atoms with Crippen LogP contribution < -0.4 is 4.90 Å². The van der Waals surface area contributed by atoms with Gasteiger partial charge in [-0.15, -0.1) is 0 Å². The molecule has 0 spiro atoms. The first-order valence-corrected chi connectivity index (χ1v) is 14.6. The van der Waals surface area contributed by atoms with Crippen molar-refractivity contribution in [3.8, 4) is 0 Å². The molecule has 0 bridgehead atoms. The number of anilines is 2. The monoisotopic (exact) mass is 537 g/mol. The first-order chi connectivity index (χ1) is 20.8. The van der Waals surface area contributed by atoms with E-state index in [0.29, 0.717) is 0 Å². The molecule has 8 aromatic rings. The van der Waals surface area contributed by atoms with Gasteiger partial charge >= 0.3 is 0 Å². The molecule has 198 valence electrons. The molecule has 1 aliphatic rings. The van der Waals surface area contributed by atoms with Crippen molar-refractivity contribution in [2.45, 2.75) is 12.8 Å². The van der Waals surface area contributed by atoms with Crippen LogP contribution in [0.1, 0.15) is 12.8 Å². The summed E-state index contributed by atoms with van der Waals surface area (Å²) in [5.74, 6) is 0. The first kappa shape index (κ1) is 23.3. The molecule has 0 saturated carbocycles. The Kier molecular flexibility index (Phi) is 5.02. The van der Waals surface area contributed by atoms with Crippen molar-refractivity contribution in [3.63, 3.8) is 0 Å². The highest BCUT2D eigenvalue weighted by atomic mass is 15.1. The van der Waals surface area contributed by atoms with Gasteiger partial charge in [-0.2, -0.15) is 0 Å². The zero-order chi connectivity index (χ0) is 27.6. The van der Waals surface area contributed by atoms with E-state index in [1.807, 2.05) is 6.20 Å². The number of hydrogen-bond acceptors (Lipinski definition) is 2. The Labute approximate surface area is 243 Å². The molecule has 1 aliphatic carbocycles. The van der Waals surface area contributed by atoms with Crippen LogP contribution in [0.15, 0.2) is 145 Å². The Morgan fingerprint density at radius 3 is 1.98 bits per heavy atom. The third kappa shape index (κ3) is 3.37. The minimum absolute atomic E-state index is 0.931. The zero-order valence-corrected chi connectivity index (χ0v) is 23.0. The van der Waals surface area contributed by atoms with E-state index in [4.69, 9.17) is 4.98 Å². The molecule has 0 aliphatic heterocycles. The van der Waals surface area contributed by atoms with E-state index in [1.165, 1.54) is 66.0 Å². The molecule has 0 radical (unpaired) electrons. The summed E-state index contributed by atoms with van der Waals surface area (Å²) in [5, 5.41) is 9.05. The maximum atomic E-state index is 4.96. The summed E-state index contributed by atoms with van der Waals surface area (Å²) in [6.45, 7) is 0. The van der Waals surface area contributed by atoms with Gasteiger partial charge in [0.2, 0.25) is 0 Å². The van der Waals surface area contributed by atoms with Gasteiger partial charge in [-0.25, -0.2) is 0 Å². The standard InChI is InChI=1S/C39H27N3/c1-3-11-29(12-4-1)41(30-13-5-2-6-14-30)31-19-21-32(22-20-31)42-34-15-8-24-40-39(34)38-33-23-18-27-10-7-9-26-16-17-28(25-35(38)42)37(33)36(26)27/h1-19,21,23-25H,20,22H2. The highest BCUT2D eigenvalue weighted by Crippen LogP contribution is 2.44. The Balaban J connectivity index is 1.27. The number of allylic oxidation sites excluding steroid dienone is 4. The number of fused-ring (bicyclic) bond motifs is 4. The van der Waals surface area contributed by atoms with Crippen LogP contribution in [0.25, 0.3) is 60.0 Å². The summed E-state index contributed by atoms with van der Waals surface area (Å²) in [7, 11) is 0. The van der Waals surface area contributed by atoms with Crippen molar-refractivity contribution >= 4 is 71.3 Å². The average molecular weight is 538 g/mol. The lowest BCUT2D eigenvalue weighted by molar-refractivity contribution is 0.895. The number of hydrogen-bond donors (Lipinski definition) is 0. The predicted octanol–water partition coefficient (Wildman–Crippen LogP) is 10.4. The van der Waals surface area contributed by atoms with Gasteiger partial charge in [-0.05, 0) is 99.8 Å². The fraction of sp³-hybridized carbons (Fsp3) is 0.0513. The van der Waals surface area contributed by atoms with E-state index in [1.54, 1.807) is 0 Å². The molecule has 3 nitrogen and oxygen atoms in total. The van der Waals surface area contributed by atoms with Crippen LogP contribution >= 0.6 is 0 Å². The van der Waals surface area contributed by atoms with E-state index in [0.717, 1.165) is 23.9 Å². The summed E-state index contributed by atoms with van der Waals surface area (Å²) in [5.41, 5.74) is 8.39. The molecule has 9 rings (SSSR count). The molecular formula is C39H27N3. The molecule has 0 fully saturated rings. The number of rotatable bonds is 4. The van der Waals surface area contributed by atoms with E-state index in [9.17, 15) is 0 Å². The lowest BCUT2D eigenvalue weighted by Gasteiger charge is -2.30. The topological polar surface area (TPSA) is 21.1 Å². The van der Waals surface area contributed by atoms with Crippen LogP contribution in [0.3, 0.4) is 0 Å². The Hall–Kier alpha value is -5.41. The number of pyridine rings is 1. The van der Waals surface area contributed by atoms with E-state index in [-0.39, 0.29) is 0 Å². The van der Waals surface area contributed by atoms with Gasteiger partial charge in [-0.3, -0.25) is 4.98 Å². The number of benzene rings is 6. The first-order valence-electron chi connectivity index (χ1n) is 14.6. The van der Waals surface area contributed by atoms with Crippen molar-refractivity contribution in [3.05, 3.63) is 145 Å². The molecule has 0 N–H and O–H groups in total. The molecule has 6 aromatic carbocycles. The van der Waals surface area contributed by atoms with Gasteiger partial charge in [0.1, 0.15) is 0 Å². The Bertz CT molecular complexity index is 2290. The van der Waals surface area contributed by atoms with Crippen molar-refractivity contribution in [1.29, 1.82) is 0 Å². The number of nitrogens with zero attached hydrogens (tertiary/aromatic N) is 3. The minimum Gasteiger partial charge on any atom is -0.314 e. The van der Waals surface area contributed by atoms with Gasteiger partial charge in [0.15, 0.2) is 0 Å². The maximum Gasteiger partial charge on any atom is 0.0969 e. The van der Waals surface area contributed by atoms with Crippen molar-refractivity contribution in [1.82, 2.24) is 9.55 Å². The van der Waals surface area contributed by atoms with E-state index in [2.05, 4.69) is 143 Å². The molecule has 2 heterocycles. The van der Waals surface area contributed by atoms with Gasteiger partial charge in [0.25, 0.3) is 0 Å². The van der Waals surface area contributed by atoms with Crippen LogP contribution in [-0.4, -0.2) is 9.55 Å². The van der Waals surface area contributed by atoms with E-state index < -0.39 is 0 Å². The van der Waals surface area contributed by atoms with Gasteiger partial charge in [0.05, 0.1) is 16.6 Å². The summed E-state index contributed by atoms with van der Waals surface area (Å²) in [6, 6.07) is 43.7. The summed E-state index contributed by atoms with van der Waals surface area (Å²) >= 11 is 0. The second-order valence-corrected chi connectivity index (χ2v) is 11.2. The highest BCUT2D eigenvalue weighted by Gasteiger charge is 2.22. The predicted molar refractivity (Wildman–Crippen MR) is 178 cm³/mol. The lowest BCUT2D eigenvalue weighted by atomic mass is 9.92. The minimum atomic E-state index is 0.931. The molecular weight excluding hydrogens is 510 g/mol. The fourth-order valence-electron chi connectivity index (χ4n) is 7.05. The van der Waals surface area contributed by atoms with E-state index >= 15 is 0 Å². The normalized spacial score (nSPS) is 13.8. The van der Waals surface area contributed by atoms with Crippen LogP contribution in [0.5, 0.6) is 0 Å². The summed E-state index contributed by atoms with van der Waals surface area (Å²) < 4.78 is 2.45.